The zero-order valence-electron chi connectivity index (χ0n) is 10.3. The van der Waals surface area contributed by atoms with E-state index >= 15 is 0 Å². The number of rotatable bonds is 4. The first-order valence-corrected chi connectivity index (χ1v) is 6.85. The molecule has 2 aromatic carbocycles. The van der Waals surface area contributed by atoms with Crippen LogP contribution in [-0.2, 0) is 0 Å². The highest BCUT2D eigenvalue weighted by molar-refractivity contribution is 7.99. The lowest BCUT2D eigenvalue weighted by molar-refractivity contribution is 0.626. The van der Waals surface area contributed by atoms with Crippen LogP contribution in [0, 0.1) is 12.7 Å². The van der Waals surface area contributed by atoms with Gasteiger partial charge >= 0.3 is 0 Å². The summed E-state index contributed by atoms with van der Waals surface area (Å²) in [7, 11) is 0. The van der Waals surface area contributed by atoms with E-state index in [2.05, 4.69) is 19.1 Å². The summed E-state index contributed by atoms with van der Waals surface area (Å²) in [5.41, 5.74) is 8.33. The molecule has 0 aliphatic rings. The highest BCUT2D eigenvalue weighted by Gasteiger charge is 2.07. The molecule has 18 heavy (non-hydrogen) atoms. The third-order valence-electron chi connectivity index (χ3n) is 2.81. The molecule has 0 fully saturated rings. The number of halogens is 1. The topological polar surface area (TPSA) is 26.0 Å². The molecule has 94 valence electrons. The molecule has 3 heteroatoms. The van der Waals surface area contributed by atoms with Crippen molar-refractivity contribution >= 4 is 11.8 Å². The minimum Gasteiger partial charge on any atom is -0.323 e. The third kappa shape index (κ3) is 3.34. The van der Waals surface area contributed by atoms with Gasteiger partial charge in [-0.1, -0.05) is 30.3 Å². The van der Waals surface area contributed by atoms with E-state index in [1.54, 1.807) is 23.9 Å². The Morgan fingerprint density at radius 1 is 1.11 bits per heavy atom. The second kappa shape index (κ2) is 6.03. The zero-order chi connectivity index (χ0) is 13.0. The molecule has 2 N–H and O–H groups in total. The zero-order valence-corrected chi connectivity index (χ0v) is 11.1. The van der Waals surface area contributed by atoms with Gasteiger partial charge in [-0.2, -0.15) is 0 Å². The predicted octanol–water partition coefficient (Wildman–Crippen LogP) is 3.93. The highest BCUT2D eigenvalue weighted by atomic mass is 32.2. The Bertz CT molecular complexity index is 510. The Kier molecular flexibility index (Phi) is 4.39. The van der Waals surface area contributed by atoms with Crippen molar-refractivity contribution in [1.82, 2.24) is 0 Å². The average molecular weight is 261 g/mol. The van der Waals surface area contributed by atoms with E-state index in [9.17, 15) is 4.39 Å². The second-order valence-electron chi connectivity index (χ2n) is 4.23. The SMILES string of the molecule is Cc1ccccc1SCC(N)c1ccc(F)cc1. The van der Waals surface area contributed by atoms with Crippen LogP contribution in [0.15, 0.2) is 53.4 Å². The molecular formula is C15H16FNS. The van der Waals surface area contributed by atoms with E-state index in [-0.39, 0.29) is 11.9 Å². The molecular weight excluding hydrogens is 245 g/mol. The summed E-state index contributed by atoms with van der Waals surface area (Å²) in [6.45, 7) is 2.09. The molecule has 0 spiro atoms. The number of hydrogen-bond donors (Lipinski definition) is 1. The van der Waals surface area contributed by atoms with Gasteiger partial charge in [0.05, 0.1) is 0 Å². The van der Waals surface area contributed by atoms with Gasteiger partial charge in [-0.3, -0.25) is 0 Å². The molecule has 0 bridgehead atoms. The van der Waals surface area contributed by atoms with Crippen molar-refractivity contribution in [3.63, 3.8) is 0 Å². The Labute approximate surface area is 111 Å². The molecule has 1 atom stereocenters. The third-order valence-corrected chi connectivity index (χ3v) is 4.10. The van der Waals surface area contributed by atoms with E-state index in [0.29, 0.717) is 0 Å². The predicted molar refractivity (Wildman–Crippen MR) is 75.2 cm³/mol. The second-order valence-corrected chi connectivity index (χ2v) is 5.30. The highest BCUT2D eigenvalue weighted by Crippen LogP contribution is 2.26. The molecule has 0 saturated carbocycles. The van der Waals surface area contributed by atoms with Crippen LogP contribution in [0.3, 0.4) is 0 Å². The molecule has 0 heterocycles. The Morgan fingerprint density at radius 3 is 2.44 bits per heavy atom. The van der Waals surface area contributed by atoms with Crippen molar-refractivity contribution in [3.8, 4) is 0 Å². The normalized spacial score (nSPS) is 12.4. The van der Waals surface area contributed by atoms with Crippen molar-refractivity contribution in [2.45, 2.75) is 17.9 Å². The Hall–Kier alpha value is -1.32. The largest absolute Gasteiger partial charge is 0.323 e. The summed E-state index contributed by atoms with van der Waals surface area (Å²) < 4.78 is 12.8. The number of aryl methyl sites for hydroxylation is 1. The van der Waals surface area contributed by atoms with Crippen molar-refractivity contribution in [3.05, 3.63) is 65.5 Å². The van der Waals surface area contributed by atoms with Gasteiger partial charge in [0, 0.05) is 16.7 Å². The molecule has 0 radical (unpaired) electrons. The van der Waals surface area contributed by atoms with Crippen LogP contribution in [0.5, 0.6) is 0 Å². The van der Waals surface area contributed by atoms with Crippen LogP contribution in [0.4, 0.5) is 4.39 Å². The van der Waals surface area contributed by atoms with Gasteiger partial charge in [0.2, 0.25) is 0 Å². The standard InChI is InChI=1S/C15H16FNS/c1-11-4-2-3-5-15(11)18-10-14(17)12-6-8-13(16)9-7-12/h2-9,14H,10,17H2,1H3. The first-order chi connectivity index (χ1) is 8.66. The number of hydrogen-bond acceptors (Lipinski definition) is 2. The molecule has 0 aliphatic carbocycles. The van der Waals surface area contributed by atoms with Gasteiger partial charge in [-0.25, -0.2) is 4.39 Å². The Morgan fingerprint density at radius 2 is 1.78 bits per heavy atom. The lowest BCUT2D eigenvalue weighted by atomic mass is 10.1. The van der Waals surface area contributed by atoms with Gasteiger partial charge in [-0.15, -0.1) is 11.8 Å². The smallest absolute Gasteiger partial charge is 0.123 e. The first kappa shape index (κ1) is 13.1. The molecule has 1 unspecified atom stereocenters. The maximum Gasteiger partial charge on any atom is 0.123 e. The fraction of sp³-hybridized carbons (Fsp3) is 0.200. The summed E-state index contributed by atoms with van der Waals surface area (Å²) in [5, 5.41) is 0. The lowest BCUT2D eigenvalue weighted by Crippen LogP contribution is -2.12. The van der Waals surface area contributed by atoms with Gasteiger partial charge < -0.3 is 5.73 Å². The van der Waals surface area contributed by atoms with Crippen LogP contribution in [0.2, 0.25) is 0 Å². The quantitative estimate of drug-likeness (QED) is 0.844. The van der Waals surface area contributed by atoms with E-state index in [1.165, 1.54) is 22.6 Å². The number of nitrogens with two attached hydrogens (primary N) is 1. The molecule has 2 rings (SSSR count). The summed E-state index contributed by atoms with van der Waals surface area (Å²) in [5.74, 6) is 0.564. The maximum absolute atomic E-state index is 12.8. The van der Waals surface area contributed by atoms with E-state index in [4.69, 9.17) is 5.73 Å². The monoisotopic (exact) mass is 261 g/mol. The Balaban J connectivity index is 1.98. The van der Waals surface area contributed by atoms with E-state index in [0.717, 1.165) is 11.3 Å². The summed E-state index contributed by atoms with van der Waals surface area (Å²) >= 11 is 1.74. The van der Waals surface area contributed by atoms with Crippen LogP contribution in [-0.4, -0.2) is 5.75 Å². The number of thioether (sulfide) groups is 1. The number of benzene rings is 2. The first-order valence-electron chi connectivity index (χ1n) is 5.86. The van der Waals surface area contributed by atoms with Gasteiger partial charge in [-0.05, 0) is 36.2 Å². The molecule has 0 aliphatic heterocycles. The molecule has 2 aromatic rings. The molecule has 0 saturated heterocycles. The van der Waals surface area contributed by atoms with Crippen molar-refractivity contribution in [2.24, 2.45) is 5.73 Å². The average Bonchev–Trinajstić information content (AvgIpc) is 2.38. The van der Waals surface area contributed by atoms with Gasteiger partial charge in [0.25, 0.3) is 0 Å². The van der Waals surface area contributed by atoms with Crippen LogP contribution in [0.25, 0.3) is 0 Å². The summed E-state index contributed by atoms with van der Waals surface area (Å²) in [4.78, 5) is 1.25. The maximum atomic E-state index is 12.8. The van der Waals surface area contributed by atoms with Crippen molar-refractivity contribution in [2.75, 3.05) is 5.75 Å². The fourth-order valence-corrected chi connectivity index (χ4v) is 2.73. The van der Waals surface area contributed by atoms with Crippen LogP contribution in [0.1, 0.15) is 17.2 Å². The summed E-state index contributed by atoms with van der Waals surface area (Å²) in [6.07, 6.45) is 0. The fourth-order valence-electron chi connectivity index (χ4n) is 1.70. The van der Waals surface area contributed by atoms with Gasteiger partial charge in [0.1, 0.15) is 5.82 Å². The lowest BCUT2D eigenvalue weighted by Gasteiger charge is -2.12. The van der Waals surface area contributed by atoms with Crippen molar-refractivity contribution in [1.29, 1.82) is 0 Å². The molecule has 0 amide bonds. The minimum absolute atomic E-state index is 0.0739. The molecule has 0 aromatic heterocycles. The van der Waals surface area contributed by atoms with Crippen LogP contribution < -0.4 is 5.73 Å². The van der Waals surface area contributed by atoms with Crippen LogP contribution >= 0.6 is 11.8 Å². The summed E-state index contributed by atoms with van der Waals surface area (Å²) in [6, 6.07) is 14.6. The minimum atomic E-state index is -0.225. The van der Waals surface area contributed by atoms with Crippen molar-refractivity contribution < 1.29 is 4.39 Å². The van der Waals surface area contributed by atoms with Gasteiger partial charge in [0.15, 0.2) is 0 Å². The molecule has 1 nitrogen and oxygen atoms in total. The van der Waals surface area contributed by atoms with E-state index < -0.39 is 0 Å². The van der Waals surface area contributed by atoms with E-state index in [1.807, 2.05) is 12.1 Å².